The van der Waals surface area contributed by atoms with Gasteiger partial charge in [-0.2, -0.15) is 0 Å². The number of nitrogens with one attached hydrogen (secondary N) is 3. The standard InChI is InChI=1S/C27H34Cl2N6O4/c1-2-39-35-23-15-24(36)34-27(30)32-16-18-13-21(28)26(22(29)14-18)33-25(37)17-31-11-5-3-4-6-12-38-20-9-7-19(23)8-10-20/h7-10,13-14,31H,2-6,11-12,15-17H2,1H3,(H,33,37)(H3,30,32,34,36)/b35-23-. The van der Waals surface area contributed by atoms with E-state index in [0.717, 1.165) is 43.5 Å². The van der Waals surface area contributed by atoms with Crippen LogP contribution in [0.3, 0.4) is 0 Å². The third-order valence-corrected chi connectivity index (χ3v) is 6.28. The Morgan fingerprint density at radius 1 is 1.03 bits per heavy atom. The lowest BCUT2D eigenvalue weighted by Crippen LogP contribution is -2.37. The first kappa shape index (κ1) is 30.2. The number of oxime groups is 1. The van der Waals surface area contributed by atoms with Crippen molar-refractivity contribution < 1.29 is 19.2 Å². The first-order valence-electron chi connectivity index (χ1n) is 12.9. The van der Waals surface area contributed by atoms with Crippen LogP contribution in [0.25, 0.3) is 0 Å². The van der Waals surface area contributed by atoms with Gasteiger partial charge in [0, 0.05) is 5.56 Å². The van der Waals surface area contributed by atoms with E-state index in [-0.39, 0.29) is 41.4 Å². The molecule has 0 unspecified atom stereocenters. The molecule has 2 aromatic carbocycles. The molecule has 0 fully saturated rings. The van der Waals surface area contributed by atoms with Crippen molar-refractivity contribution >= 4 is 52.4 Å². The molecule has 4 aliphatic heterocycles. The molecule has 2 aromatic rings. The summed E-state index contributed by atoms with van der Waals surface area (Å²) in [5.41, 5.74) is 8.09. The van der Waals surface area contributed by atoms with Crippen molar-refractivity contribution in [2.24, 2.45) is 15.9 Å². The average Bonchev–Trinajstić information content (AvgIpc) is 2.91. The SMILES string of the molecule is CCO/N=C1/CC(=O)NC(N)=NCc2cc(Cl)c(c(Cl)c2)NC(=O)CNCCCCCCOc2ccc1cc2. The van der Waals surface area contributed by atoms with Crippen LogP contribution in [0.1, 0.15) is 50.2 Å². The molecular formula is C27H34Cl2N6O4. The van der Waals surface area contributed by atoms with Crippen molar-refractivity contribution in [1.82, 2.24) is 10.6 Å². The van der Waals surface area contributed by atoms with Crippen molar-refractivity contribution in [3.63, 3.8) is 0 Å². The summed E-state index contributed by atoms with van der Waals surface area (Å²) in [5.74, 6) is 0.0120. The number of ether oxygens (including phenoxy) is 1. The van der Waals surface area contributed by atoms with Gasteiger partial charge in [-0.05, 0) is 68.3 Å². The molecule has 0 aromatic heterocycles. The number of nitrogens with two attached hydrogens (primary N) is 1. The predicted octanol–water partition coefficient (Wildman–Crippen LogP) is 4.24. The highest BCUT2D eigenvalue weighted by Crippen LogP contribution is 2.32. The number of hydrogen-bond donors (Lipinski definition) is 4. The second-order valence-electron chi connectivity index (χ2n) is 8.83. The van der Waals surface area contributed by atoms with Crippen LogP contribution in [0.15, 0.2) is 46.5 Å². The Bertz CT molecular complexity index is 1160. The molecule has 0 saturated heterocycles. The van der Waals surface area contributed by atoms with Gasteiger partial charge in [0.2, 0.25) is 11.8 Å². The molecule has 0 aliphatic carbocycles. The van der Waals surface area contributed by atoms with Gasteiger partial charge in [-0.15, -0.1) is 0 Å². The normalized spacial score (nSPS) is 17.7. The highest BCUT2D eigenvalue weighted by Gasteiger charge is 2.14. The lowest BCUT2D eigenvalue weighted by molar-refractivity contribution is -0.118. The van der Waals surface area contributed by atoms with Crippen LogP contribution in [0.2, 0.25) is 10.0 Å². The monoisotopic (exact) mass is 576 g/mol. The van der Waals surface area contributed by atoms with Crippen molar-refractivity contribution in [3.05, 3.63) is 57.6 Å². The van der Waals surface area contributed by atoms with Gasteiger partial charge in [-0.1, -0.05) is 41.2 Å². The molecule has 12 heteroatoms. The van der Waals surface area contributed by atoms with Gasteiger partial charge in [0.05, 0.1) is 47.6 Å². The molecule has 6 rings (SSSR count). The van der Waals surface area contributed by atoms with Gasteiger partial charge in [0.25, 0.3) is 0 Å². The van der Waals surface area contributed by atoms with Crippen LogP contribution >= 0.6 is 23.2 Å². The number of carbonyl (C=O) groups excluding carboxylic acids is 2. The average molecular weight is 578 g/mol. The third-order valence-electron chi connectivity index (χ3n) is 5.69. The van der Waals surface area contributed by atoms with Crippen LogP contribution < -0.4 is 26.4 Å². The number of guanidine groups is 1. The van der Waals surface area contributed by atoms with Crippen molar-refractivity contribution in [2.45, 2.75) is 45.6 Å². The summed E-state index contributed by atoms with van der Waals surface area (Å²) in [7, 11) is 0. The van der Waals surface area contributed by atoms with Gasteiger partial charge in [-0.25, -0.2) is 4.99 Å². The zero-order chi connectivity index (χ0) is 28.0. The highest BCUT2D eigenvalue weighted by atomic mass is 35.5. The summed E-state index contributed by atoms with van der Waals surface area (Å²) in [6.07, 6.45) is 3.81. The Kier molecular flexibility index (Phi) is 12.3. The molecule has 4 bridgehead atoms. The molecule has 39 heavy (non-hydrogen) atoms. The van der Waals surface area contributed by atoms with Gasteiger partial charge < -0.3 is 25.9 Å². The molecule has 4 aliphatic rings. The number of hydrogen-bond acceptors (Lipinski definition) is 8. The lowest BCUT2D eigenvalue weighted by Gasteiger charge is -2.12. The summed E-state index contributed by atoms with van der Waals surface area (Å²) < 4.78 is 5.84. The van der Waals surface area contributed by atoms with Crippen molar-refractivity contribution in [1.29, 1.82) is 0 Å². The van der Waals surface area contributed by atoms with Gasteiger partial charge in [0.1, 0.15) is 12.4 Å². The van der Waals surface area contributed by atoms with Gasteiger partial charge >= 0.3 is 0 Å². The Balaban J connectivity index is 1.76. The second kappa shape index (κ2) is 15.9. The fourth-order valence-corrected chi connectivity index (χ4v) is 4.37. The summed E-state index contributed by atoms with van der Waals surface area (Å²) in [6.45, 7) is 3.74. The minimum Gasteiger partial charge on any atom is -0.494 e. The van der Waals surface area contributed by atoms with E-state index >= 15 is 0 Å². The van der Waals surface area contributed by atoms with Gasteiger partial charge in [0.15, 0.2) is 5.96 Å². The molecule has 10 nitrogen and oxygen atoms in total. The smallest absolute Gasteiger partial charge is 0.238 e. The van der Waals surface area contributed by atoms with E-state index in [1.165, 1.54) is 0 Å². The zero-order valence-corrected chi connectivity index (χ0v) is 23.4. The maximum atomic E-state index is 12.7. The highest BCUT2D eigenvalue weighted by molar-refractivity contribution is 6.39. The lowest BCUT2D eigenvalue weighted by atomic mass is 10.1. The molecule has 4 heterocycles. The first-order chi connectivity index (χ1) is 18.9. The molecule has 210 valence electrons. The quantitative estimate of drug-likeness (QED) is 0.394. The van der Waals surface area contributed by atoms with E-state index in [9.17, 15) is 9.59 Å². The first-order valence-corrected chi connectivity index (χ1v) is 13.6. The fourth-order valence-electron chi connectivity index (χ4n) is 3.75. The number of aliphatic imine (C=N–C) groups is 1. The third kappa shape index (κ3) is 10.4. The van der Waals surface area contributed by atoms with Crippen molar-refractivity contribution in [3.8, 4) is 5.75 Å². The number of amides is 2. The summed E-state index contributed by atoms with van der Waals surface area (Å²) >= 11 is 12.7. The molecule has 0 radical (unpaired) electrons. The van der Waals surface area contributed by atoms with Crippen LogP contribution in [0.5, 0.6) is 5.75 Å². The van der Waals surface area contributed by atoms with E-state index in [2.05, 4.69) is 26.1 Å². The molecule has 5 N–H and O–H groups in total. The molecular weight excluding hydrogens is 543 g/mol. The number of rotatable bonds is 2. The Morgan fingerprint density at radius 2 is 1.74 bits per heavy atom. The van der Waals surface area contributed by atoms with Crippen LogP contribution in [-0.4, -0.2) is 49.8 Å². The number of nitrogens with zero attached hydrogens (tertiary/aromatic N) is 2. The number of benzene rings is 2. The molecule has 0 spiro atoms. The second-order valence-corrected chi connectivity index (χ2v) is 9.64. The van der Waals surface area contributed by atoms with Crippen molar-refractivity contribution in [2.75, 3.05) is 31.6 Å². The Labute approximate surface area is 238 Å². The van der Waals surface area contributed by atoms with Gasteiger partial charge in [-0.3, -0.25) is 14.9 Å². The summed E-state index contributed by atoms with van der Waals surface area (Å²) in [4.78, 5) is 34.4. The Hall–Kier alpha value is -3.34. The van der Waals surface area contributed by atoms with E-state index in [0.29, 0.717) is 30.2 Å². The maximum Gasteiger partial charge on any atom is 0.238 e. The summed E-state index contributed by atoms with van der Waals surface area (Å²) in [6, 6.07) is 10.6. The van der Waals surface area contributed by atoms with E-state index in [4.69, 9.17) is 38.5 Å². The fraction of sp³-hybridized carbons (Fsp3) is 0.407. The molecule has 2 amide bonds. The van der Waals surface area contributed by atoms with E-state index in [1.54, 1.807) is 12.1 Å². The minimum atomic E-state index is -0.404. The number of anilines is 1. The topological polar surface area (TPSA) is 139 Å². The van der Waals surface area contributed by atoms with Crippen LogP contribution in [-0.2, 0) is 21.0 Å². The van der Waals surface area contributed by atoms with E-state index < -0.39 is 5.91 Å². The molecule has 0 atom stereocenters. The number of carbonyl (C=O) groups is 2. The van der Waals surface area contributed by atoms with Crippen LogP contribution in [0.4, 0.5) is 5.69 Å². The Morgan fingerprint density at radius 3 is 2.46 bits per heavy atom. The largest absolute Gasteiger partial charge is 0.494 e. The van der Waals surface area contributed by atoms with E-state index in [1.807, 2.05) is 31.2 Å². The number of halogens is 2. The van der Waals surface area contributed by atoms with Crippen LogP contribution in [0, 0.1) is 0 Å². The minimum absolute atomic E-state index is 0.0721. The maximum absolute atomic E-state index is 12.7. The molecule has 0 saturated carbocycles. The predicted molar refractivity (Wildman–Crippen MR) is 155 cm³/mol. The summed E-state index contributed by atoms with van der Waals surface area (Å²) in [5, 5.41) is 13.1. The zero-order valence-electron chi connectivity index (χ0n) is 21.9.